The lowest BCUT2D eigenvalue weighted by Crippen LogP contribution is -2.23. The van der Waals surface area contributed by atoms with E-state index >= 15 is 0 Å². The van der Waals surface area contributed by atoms with Crippen molar-refractivity contribution in [3.63, 3.8) is 0 Å². The van der Waals surface area contributed by atoms with E-state index < -0.39 is 0 Å². The summed E-state index contributed by atoms with van der Waals surface area (Å²) in [6, 6.07) is 4.84. The van der Waals surface area contributed by atoms with Gasteiger partial charge in [-0.2, -0.15) is 0 Å². The average Bonchev–Trinajstić information content (AvgIpc) is 1.99. The SMILES string of the molecule is Cc1cc(F)cc(C2CCC2=O)c1. The number of rotatable bonds is 1. The molecule has 0 heterocycles. The van der Waals surface area contributed by atoms with E-state index in [4.69, 9.17) is 0 Å². The first-order valence-corrected chi connectivity index (χ1v) is 4.46. The molecule has 0 aromatic heterocycles. The van der Waals surface area contributed by atoms with E-state index in [0.29, 0.717) is 6.42 Å². The summed E-state index contributed by atoms with van der Waals surface area (Å²) in [6.45, 7) is 1.84. The highest BCUT2D eigenvalue weighted by molar-refractivity contribution is 5.91. The first-order valence-electron chi connectivity index (χ1n) is 4.46. The lowest BCUT2D eigenvalue weighted by Gasteiger charge is -2.24. The third kappa shape index (κ3) is 1.48. The molecule has 1 aliphatic carbocycles. The maximum Gasteiger partial charge on any atom is 0.140 e. The second-order valence-electron chi connectivity index (χ2n) is 3.62. The summed E-state index contributed by atoms with van der Waals surface area (Å²) < 4.78 is 13.0. The first kappa shape index (κ1) is 8.42. The highest BCUT2D eigenvalue weighted by atomic mass is 19.1. The van der Waals surface area contributed by atoms with E-state index in [0.717, 1.165) is 17.5 Å². The minimum atomic E-state index is -0.241. The van der Waals surface area contributed by atoms with Crippen LogP contribution in [0.25, 0.3) is 0 Å². The van der Waals surface area contributed by atoms with Crippen LogP contribution in [0.2, 0.25) is 0 Å². The standard InChI is InChI=1S/C11H11FO/c1-7-4-8(6-9(12)5-7)10-2-3-11(10)13/h4-6,10H,2-3H2,1H3. The van der Waals surface area contributed by atoms with Crippen molar-refractivity contribution in [2.45, 2.75) is 25.7 Å². The Morgan fingerprint density at radius 3 is 2.62 bits per heavy atom. The lowest BCUT2D eigenvalue weighted by molar-refractivity contribution is -0.125. The van der Waals surface area contributed by atoms with Gasteiger partial charge in [-0.1, -0.05) is 6.07 Å². The van der Waals surface area contributed by atoms with Crippen molar-refractivity contribution in [2.24, 2.45) is 0 Å². The Balaban J connectivity index is 2.34. The van der Waals surface area contributed by atoms with E-state index in [-0.39, 0.29) is 17.5 Å². The summed E-state index contributed by atoms with van der Waals surface area (Å²) in [4.78, 5) is 11.1. The Bertz CT molecular complexity index is 337. The van der Waals surface area contributed by atoms with Crippen LogP contribution < -0.4 is 0 Å². The van der Waals surface area contributed by atoms with E-state index in [9.17, 15) is 9.18 Å². The lowest BCUT2D eigenvalue weighted by atomic mass is 9.78. The van der Waals surface area contributed by atoms with Crippen LogP contribution in [0.4, 0.5) is 4.39 Å². The van der Waals surface area contributed by atoms with Crippen LogP contribution in [-0.4, -0.2) is 5.78 Å². The molecular formula is C11H11FO. The third-order valence-corrected chi connectivity index (χ3v) is 2.53. The van der Waals surface area contributed by atoms with Crippen LogP contribution >= 0.6 is 0 Å². The molecule has 0 spiro atoms. The molecule has 2 heteroatoms. The molecule has 1 aliphatic rings. The van der Waals surface area contributed by atoms with Crippen LogP contribution in [-0.2, 0) is 4.79 Å². The number of Topliss-reactive ketones (excluding diaryl/α,β-unsaturated/α-hetero) is 1. The molecule has 1 saturated carbocycles. The summed E-state index contributed by atoms with van der Waals surface area (Å²) in [6.07, 6.45) is 1.53. The van der Waals surface area contributed by atoms with Gasteiger partial charge in [0.15, 0.2) is 0 Å². The van der Waals surface area contributed by atoms with Gasteiger partial charge in [-0.3, -0.25) is 4.79 Å². The van der Waals surface area contributed by atoms with Gasteiger partial charge in [0.05, 0.1) is 0 Å². The number of carbonyl (C=O) groups excluding carboxylic acids is 1. The van der Waals surface area contributed by atoms with Crippen LogP contribution in [0.5, 0.6) is 0 Å². The monoisotopic (exact) mass is 178 g/mol. The molecule has 0 aliphatic heterocycles. The topological polar surface area (TPSA) is 17.1 Å². The van der Waals surface area contributed by atoms with Gasteiger partial charge < -0.3 is 0 Å². The van der Waals surface area contributed by atoms with E-state index in [1.165, 1.54) is 12.1 Å². The fraction of sp³-hybridized carbons (Fsp3) is 0.364. The summed E-state index contributed by atoms with van der Waals surface area (Å²) in [5.74, 6) is -0.0332. The molecule has 0 radical (unpaired) electrons. The predicted molar refractivity (Wildman–Crippen MR) is 48.1 cm³/mol. The van der Waals surface area contributed by atoms with Crippen molar-refractivity contribution >= 4 is 5.78 Å². The Morgan fingerprint density at radius 2 is 2.15 bits per heavy atom. The van der Waals surface area contributed by atoms with Crippen molar-refractivity contribution in [3.8, 4) is 0 Å². The molecule has 1 nitrogen and oxygen atoms in total. The van der Waals surface area contributed by atoms with Crippen molar-refractivity contribution in [3.05, 3.63) is 35.1 Å². The predicted octanol–water partition coefficient (Wildman–Crippen LogP) is 2.58. The molecule has 13 heavy (non-hydrogen) atoms. The summed E-state index contributed by atoms with van der Waals surface area (Å²) in [7, 11) is 0. The maximum absolute atomic E-state index is 13.0. The zero-order chi connectivity index (χ0) is 9.42. The molecule has 0 amide bonds. The molecule has 1 atom stereocenters. The van der Waals surface area contributed by atoms with Gasteiger partial charge in [0.2, 0.25) is 0 Å². The highest BCUT2D eigenvalue weighted by Gasteiger charge is 2.29. The highest BCUT2D eigenvalue weighted by Crippen LogP contribution is 2.33. The molecule has 68 valence electrons. The van der Waals surface area contributed by atoms with E-state index in [1.807, 2.05) is 13.0 Å². The third-order valence-electron chi connectivity index (χ3n) is 2.53. The molecular weight excluding hydrogens is 167 g/mol. The molecule has 0 saturated heterocycles. The second-order valence-corrected chi connectivity index (χ2v) is 3.62. The zero-order valence-corrected chi connectivity index (χ0v) is 7.51. The summed E-state index contributed by atoms with van der Waals surface area (Å²) >= 11 is 0. The molecule has 1 aromatic rings. The van der Waals surface area contributed by atoms with Crippen LogP contribution in [0.1, 0.15) is 29.9 Å². The van der Waals surface area contributed by atoms with Crippen molar-refractivity contribution in [1.29, 1.82) is 0 Å². The van der Waals surface area contributed by atoms with Crippen LogP contribution in [0, 0.1) is 12.7 Å². The Morgan fingerprint density at radius 1 is 1.38 bits per heavy atom. The Labute approximate surface area is 76.6 Å². The molecule has 0 N–H and O–H groups in total. The molecule has 0 bridgehead atoms. The number of hydrogen-bond donors (Lipinski definition) is 0. The summed E-state index contributed by atoms with van der Waals surface area (Å²) in [5, 5.41) is 0. The molecule has 2 rings (SSSR count). The number of halogens is 1. The first-order chi connectivity index (χ1) is 6.16. The minimum Gasteiger partial charge on any atom is -0.299 e. The van der Waals surface area contributed by atoms with Crippen molar-refractivity contribution in [2.75, 3.05) is 0 Å². The normalized spacial score (nSPS) is 21.4. The van der Waals surface area contributed by atoms with Gasteiger partial charge in [-0.15, -0.1) is 0 Å². The van der Waals surface area contributed by atoms with E-state index in [1.54, 1.807) is 0 Å². The van der Waals surface area contributed by atoms with Gasteiger partial charge in [0, 0.05) is 12.3 Å². The summed E-state index contributed by atoms with van der Waals surface area (Å²) in [5.41, 5.74) is 1.73. The van der Waals surface area contributed by atoms with Gasteiger partial charge in [-0.05, 0) is 36.6 Å². The van der Waals surface area contributed by atoms with E-state index in [2.05, 4.69) is 0 Å². The fourth-order valence-electron chi connectivity index (χ4n) is 1.72. The number of ketones is 1. The second kappa shape index (κ2) is 2.95. The minimum absolute atomic E-state index is 0.0330. The molecule has 1 fully saturated rings. The zero-order valence-electron chi connectivity index (χ0n) is 7.51. The molecule has 1 aromatic carbocycles. The fourth-order valence-corrected chi connectivity index (χ4v) is 1.72. The van der Waals surface area contributed by atoms with Gasteiger partial charge in [-0.25, -0.2) is 4.39 Å². The number of carbonyl (C=O) groups is 1. The largest absolute Gasteiger partial charge is 0.299 e. The number of hydrogen-bond acceptors (Lipinski definition) is 1. The Hall–Kier alpha value is -1.18. The van der Waals surface area contributed by atoms with Gasteiger partial charge in [0.1, 0.15) is 11.6 Å². The molecule has 1 unspecified atom stereocenters. The Kier molecular flexibility index (Phi) is 1.91. The van der Waals surface area contributed by atoms with Crippen LogP contribution in [0.15, 0.2) is 18.2 Å². The van der Waals surface area contributed by atoms with Gasteiger partial charge in [0.25, 0.3) is 0 Å². The maximum atomic E-state index is 13.0. The smallest absolute Gasteiger partial charge is 0.140 e. The number of aryl methyl sites for hydroxylation is 1. The average molecular weight is 178 g/mol. The van der Waals surface area contributed by atoms with Gasteiger partial charge >= 0.3 is 0 Å². The quantitative estimate of drug-likeness (QED) is 0.646. The van der Waals surface area contributed by atoms with Crippen molar-refractivity contribution in [1.82, 2.24) is 0 Å². The van der Waals surface area contributed by atoms with Crippen molar-refractivity contribution < 1.29 is 9.18 Å². The number of benzene rings is 1. The van der Waals surface area contributed by atoms with Crippen LogP contribution in [0.3, 0.4) is 0 Å².